The van der Waals surface area contributed by atoms with E-state index in [4.69, 9.17) is 9.84 Å². The van der Waals surface area contributed by atoms with Crippen molar-refractivity contribution < 1.29 is 14.6 Å². The highest BCUT2D eigenvalue weighted by Crippen LogP contribution is 2.20. The van der Waals surface area contributed by atoms with E-state index in [1.54, 1.807) is 6.92 Å². The highest BCUT2D eigenvalue weighted by Gasteiger charge is 2.20. The van der Waals surface area contributed by atoms with E-state index < -0.39 is 12.1 Å². The molecule has 1 aromatic carbocycles. The first-order valence-corrected chi connectivity index (χ1v) is 6.08. The minimum absolute atomic E-state index is 0.340. The van der Waals surface area contributed by atoms with Crippen molar-refractivity contribution in [3.63, 3.8) is 0 Å². The summed E-state index contributed by atoms with van der Waals surface area (Å²) in [6.45, 7) is 6.60. The van der Waals surface area contributed by atoms with Crippen LogP contribution in [0.5, 0.6) is 0 Å². The van der Waals surface area contributed by atoms with Gasteiger partial charge in [-0.3, -0.25) is 0 Å². The van der Waals surface area contributed by atoms with Gasteiger partial charge in [-0.25, -0.2) is 4.79 Å². The molecule has 18 heavy (non-hydrogen) atoms. The lowest BCUT2D eigenvalue weighted by atomic mass is 10.1. The molecule has 0 heterocycles. The van der Waals surface area contributed by atoms with Gasteiger partial charge >= 0.3 is 5.97 Å². The minimum atomic E-state index is -0.923. The van der Waals surface area contributed by atoms with Crippen LogP contribution in [-0.4, -0.2) is 37.4 Å². The SMILES string of the molecule is CCOC(CN(C)c1ccc(C)cc1C)C(=O)O. The molecule has 0 aliphatic carbocycles. The van der Waals surface area contributed by atoms with Crippen molar-refractivity contribution in [3.8, 4) is 0 Å². The number of carboxylic acids is 1. The number of ether oxygens (including phenoxy) is 1. The van der Waals surface area contributed by atoms with Gasteiger partial charge in [-0.15, -0.1) is 0 Å². The van der Waals surface area contributed by atoms with Gasteiger partial charge in [0.25, 0.3) is 0 Å². The van der Waals surface area contributed by atoms with Crippen LogP contribution in [0.1, 0.15) is 18.1 Å². The van der Waals surface area contributed by atoms with Gasteiger partial charge in [0, 0.05) is 19.3 Å². The fourth-order valence-electron chi connectivity index (χ4n) is 1.98. The van der Waals surface area contributed by atoms with E-state index in [0.29, 0.717) is 13.2 Å². The van der Waals surface area contributed by atoms with Crippen LogP contribution >= 0.6 is 0 Å². The first-order chi connectivity index (χ1) is 8.45. The first-order valence-electron chi connectivity index (χ1n) is 6.08. The second-order valence-electron chi connectivity index (χ2n) is 4.45. The van der Waals surface area contributed by atoms with Crippen LogP contribution in [0.25, 0.3) is 0 Å². The average Bonchev–Trinajstić information content (AvgIpc) is 2.27. The molecular weight excluding hydrogens is 230 g/mol. The predicted octanol–water partition coefficient (Wildman–Crippen LogP) is 2.23. The summed E-state index contributed by atoms with van der Waals surface area (Å²) < 4.78 is 5.22. The van der Waals surface area contributed by atoms with Gasteiger partial charge in [-0.1, -0.05) is 17.7 Å². The van der Waals surface area contributed by atoms with Crippen molar-refractivity contribution >= 4 is 11.7 Å². The van der Waals surface area contributed by atoms with Gasteiger partial charge in [0.2, 0.25) is 0 Å². The number of benzene rings is 1. The molecule has 4 nitrogen and oxygen atoms in total. The highest BCUT2D eigenvalue weighted by atomic mass is 16.5. The molecule has 0 fully saturated rings. The second-order valence-corrected chi connectivity index (χ2v) is 4.45. The lowest BCUT2D eigenvalue weighted by Gasteiger charge is -2.25. The van der Waals surface area contributed by atoms with Crippen LogP contribution in [0.2, 0.25) is 0 Å². The highest BCUT2D eigenvalue weighted by molar-refractivity contribution is 5.73. The molecule has 0 aliphatic heterocycles. The minimum Gasteiger partial charge on any atom is -0.479 e. The van der Waals surface area contributed by atoms with Crippen LogP contribution in [0, 0.1) is 13.8 Å². The molecule has 4 heteroatoms. The number of rotatable bonds is 6. The summed E-state index contributed by atoms with van der Waals surface area (Å²) in [7, 11) is 1.88. The first kappa shape index (κ1) is 14.5. The Bertz CT molecular complexity index is 418. The van der Waals surface area contributed by atoms with Crippen molar-refractivity contribution in [1.82, 2.24) is 0 Å². The fraction of sp³-hybridized carbons (Fsp3) is 0.500. The molecule has 1 rings (SSSR count). The van der Waals surface area contributed by atoms with E-state index in [0.717, 1.165) is 11.3 Å². The number of likely N-dealkylation sites (N-methyl/N-ethyl adjacent to an activating group) is 1. The summed E-state index contributed by atoms with van der Waals surface area (Å²) in [5, 5.41) is 9.06. The number of nitrogens with zero attached hydrogens (tertiary/aromatic N) is 1. The molecule has 0 spiro atoms. The molecule has 0 amide bonds. The zero-order valence-corrected chi connectivity index (χ0v) is 11.4. The van der Waals surface area contributed by atoms with Crippen molar-refractivity contribution in [1.29, 1.82) is 0 Å². The van der Waals surface area contributed by atoms with Crippen molar-refractivity contribution in [2.75, 3.05) is 25.1 Å². The van der Waals surface area contributed by atoms with Crippen LogP contribution < -0.4 is 4.90 Å². The predicted molar refractivity (Wildman–Crippen MR) is 72.2 cm³/mol. The molecule has 0 radical (unpaired) electrons. The Morgan fingerprint density at radius 1 is 1.44 bits per heavy atom. The quantitative estimate of drug-likeness (QED) is 0.842. The van der Waals surface area contributed by atoms with Gasteiger partial charge in [0.05, 0.1) is 6.54 Å². The average molecular weight is 251 g/mol. The monoisotopic (exact) mass is 251 g/mol. The van der Waals surface area contributed by atoms with E-state index in [2.05, 4.69) is 6.07 Å². The normalized spacial score (nSPS) is 12.2. The number of carboxylic acid groups (broad SMARTS) is 1. The fourth-order valence-corrected chi connectivity index (χ4v) is 1.98. The number of aryl methyl sites for hydroxylation is 2. The maximum absolute atomic E-state index is 11.0. The van der Waals surface area contributed by atoms with Gasteiger partial charge < -0.3 is 14.7 Å². The number of aliphatic carboxylic acids is 1. The summed E-state index contributed by atoms with van der Waals surface area (Å²) in [5.41, 5.74) is 3.37. The third-order valence-corrected chi connectivity index (χ3v) is 2.85. The third-order valence-electron chi connectivity index (χ3n) is 2.85. The topological polar surface area (TPSA) is 49.8 Å². The largest absolute Gasteiger partial charge is 0.479 e. The summed E-state index contributed by atoms with van der Waals surface area (Å²) in [5.74, 6) is -0.923. The van der Waals surface area contributed by atoms with Gasteiger partial charge in [0.15, 0.2) is 6.10 Å². The second kappa shape index (κ2) is 6.40. The molecule has 1 aromatic rings. The Balaban J connectivity index is 2.80. The van der Waals surface area contributed by atoms with Crippen molar-refractivity contribution in [2.45, 2.75) is 26.9 Å². The lowest BCUT2D eigenvalue weighted by molar-refractivity contribution is -0.149. The Labute approximate surface area is 108 Å². The standard InChI is InChI=1S/C14H21NO3/c1-5-18-13(14(16)17)9-15(4)12-7-6-10(2)8-11(12)3/h6-8,13H,5,9H2,1-4H3,(H,16,17). The molecule has 1 N–H and O–H groups in total. The van der Waals surface area contributed by atoms with Crippen LogP contribution in [0.3, 0.4) is 0 Å². The van der Waals surface area contributed by atoms with E-state index in [1.807, 2.05) is 37.9 Å². The molecule has 0 saturated carbocycles. The van der Waals surface area contributed by atoms with E-state index >= 15 is 0 Å². The zero-order chi connectivity index (χ0) is 13.7. The maximum atomic E-state index is 11.0. The molecule has 0 aliphatic rings. The summed E-state index contributed by atoms with van der Waals surface area (Å²) in [6, 6.07) is 6.12. The smallest absolute Gasteiger partial charge is 0.334 e. The van der Waals surface area contributed by atoms with Crippen molar-refractivity contribution in [2.24, 2.45) is 0 Å². The number of hydrogen-bond donors (Lipinski definition) is 1. The van der Waals surface area contributed by atoms with Gasteiger partial charge in [-0.2, -0.15) is 0 Å². The molecule has 1 atom stereocenters. The van der Waals surface area contributed by atoms with E-state index in [1.165, 1.54) is 5.56 Å². The number of hydrogen-bond acceptors (Lipinski definition) is 3. The van der Waals surface area contributed by atoms with Gasteiger partial charge in [-0.05, 0) is 32.4 Å². The summed E-state index contributed by atoms with van der Waals surface area (Å²) in [6.07, 6.45) is -0.791. The Morgan fingerprint density at radius 2 is 2.11 bits per heavy atom. The van der Waals surface area contributed by atoms with E-state index in [-0.39, 0.29) is 0 Å². The van der Waals surface area contributed by atoms with Crippen LogP contribution in [0.4, 0.5) is 5.69 Å². The maximum Gasteiger partial charge on any atom is 0.334 e. The summed E-state index contributed by atoms with van der Waals surface area (Å²) in [4.78, 5) is 13.0. The van der Waals surface area contributed by atoms with E-state index in [9.17, 15) is 4.79 Å². The summed E-state index contributed by atoms with van der Waals surface area (Å²) >= 11 is 0. The Morgan fingerprint density at radius 3 is 2.61 bits per heavy atom. The molecule has 1 unspecified atom stereocenters. The van der Waals surface area contributed by atoms with Crippen LogP contribution in [0.15, 0.2) is 18.2 Å². The van der Waals surface area contributed by atoms with Gasteiger partial charge in [0.1, 0.15) is 0 Å². The number of anilines is 1. The number of carbonyl (C=O) groups is 1. The van der Waals surface area contributed by atoms with Crippen molar-refractivity contribution in [3.05, 3.63) is 29.3 Å². The molecule has 0 saturated heterocycles. The molecule has 100 valence electrons. The zero-order valence-electron chi connectivity index (χ0n) is 11.4. The third kappa shape index (κ3) is 3.74. The molecule has 0 bridgehead atoms. The molecular formula is C14H21NO3. The Kier molecular flexibility index (Phi) is 5.16. The molecule has 0 aromatic heterocycles. The Hall–Kier alpha value is -1.55. The lowest BCUT2D eigenvalue weighted by Crippen LogP contribution is -2.37. The van der Waals surface area contributed by atoms with Crippen LogP contribution in [-0.2, 0) is 9.53 Å².